The molecule has 0 bridgehead atoms. The van der Waals surface area contributed by atoms with Gasteiger partial charge >= 0.3 is 0 Å². The Kier molecular flexibility index (Phi) is 7.23. The average Bonchev–Trinajstić information content (AvgIpc) is 2.75. The monoisotopic (exact) mass is 474 g/mol. The summed E-state index contributed by atoms with van der Waals surface area (Å²) in [5, 5.41) is -0.236. The van der Waals surface area contributed by atoms with Crippen molar-refractivity contribution in [1.29, 1.82) is 0 Å². The van der Waals surface area contributed by atoms with Crippen molar-refractivity contribution >= 4 is 17.4 Å². The molecule has 0 radical (unpaired) electrons. The normalized spacial score (nSPS) is 11.1. The molecular formula is C23H21ClF2N4O3. The molecule has 0 fully saturated rings. The number of rotatable bonds is 7. The van der Waals surface area contributed by atoms with Gasteiger partial charge in [0.15, 0.2) is 5.82 Å². The number of allylic oxidation sites excluding steroid dienone is 1. The highest BCUT2D eigenvalue weighted by Crippen LogP contribution is 2.26. The van der Waals surface area contributed by atoms with Crippen molar-refractivity contribution in [3.8, 4) is 11.4 Å². The number of pyridine rings is 3. The van der Waals surface area contributed by atoms with E-state index in [1.807, 2.05) is 0 Å². The van der Waals surface area contributed by atoms with Crippen molar-refractivity contribution in [1.82, 2.24) is 19.4 Å². The Balaban J connectivity index is 1.97. The second-order valence-corrected chi connectivity index (χ2v) is 7.85. The first-order chi connectivity index (χ1) is 15.6. The lowest BCUT2D eigenvalue weighted by Gasteiger charge is -2.16. The van der Waals surface area contributed by atoms with Crippen LogP contribution in [-0.2, 0) is 6.61 Å². The second kappa shape index (κ2) is 9.91. The fourth-order valence-corrected chi connectivity index (χ4v) is 3.17. The molecule has 10 heteroatoms. The first-order valence-corrected chi connectivity index (χ1v) is 10.2. The molecule has 0 aliphatic heterocycles. The van der Waals surface area contributed by atoms with Crippen LogP contribution in [0.2, 0.25) is 5.02 Å². The van der Waals surface area contributed by atoms with Gasteiger partial charge in [-0.2, -0.15) is 0 Å². The molecule has 0 aromatic carbocycles. The van der Waals surface area contributed by atoms with Gasteiger partial charge in [-0.25, -0.2) is 8.78 Å². The van der Waals surface area contributed by atoms with Gasteiger partial charge in [0.2, 0.25) is 5.78 Å². The molecule has 0 spiro atoms. The van der Waals surface area contributed by atoms with Gasteiger partial charge in [-0.1, -0.05) is 11.6 Å². The minimum atomic E-state index is -0.871. The number of nitrogens with zero attached hydrogens (tertiary/aromatic N) is 4. The van der Waals surface area contributed by atoms with Crippen LogP contribution < -0.4 is 10.3 Å². The first kappa shape index (κ1) is 24.1. The summed E-state index contributed by atoms with van der Waals surface area (Å²) >= 11 is 6.26. The lowest BCUT2D eigenvalue weighted by atomic mass is 10.1. The molecule has 3 aromatic rings. The van der Waals surface area contributed by atoms with E-state index in [4.69, 9.17) is 16.3 Å². The topological polar surface area (TPSA) is 77.3 Å². The van der Waals surface area contributed by atoms with Crippen LogP contribution in [0.1, 0.15) is 27.4 Å². The number of hydrogen-bond donors (Lipinski definition) is 0. The fourth-order valence-electron chi connectivity index (χ4n) is 2.97. The summed E-state index contributed by atoms with van der Waals surface area (Å²) in [4.78, 5) is 35.0. The van der Waals surface area contributed by atoms with Gasteiger partial charge in [-0.05, 0) is 25.5 Å². The summed E-state index contributed by atoms with van der Waals surface area (Å²) in [6.07, 6.45) is 5.34. The molecule has 172 valence electrons. The summed E-state index contributed by atoms with van der Waals surface area (Å²) in [5.74, 6) is -1.98. The molecule has 33 heavy (non-hydrogen) atoms. The molecule has 0 N–H and O–H groups in total. The fraction of sp³-hybridized carbons (Fsp3) is 0.217. The summed E-state index contributed by atoms with van der Waals surface area (Å²) in [6, 6.07) is 3.72. The number of aryl methyl sites for hydroxylation is 2. The Labute approximate surface area is 193 Å². The minimum Gasteiger partial charge on any atom is -0.485 e. The van der Waals surface area contributed by atoms with E-state index in [-0.39, 0.29) is 34.6 Å². The Morgan fingerprint density at radius 1 is 1.18 bits per heavy atom. The number of ether oxygens (including phenoxy) is 1. The molecule has 3 rings (SSSR count). The van der Waals surface area contributed by atoms with Gasteiger partial charge in [0.1, 0.15) is 34.6 Å². The predicted octanol–water partition coefficient (Wildman–Crippen LogP) is 4.01. The quantitative estimate of drug-likeness (QED) is 0.380. The van der Waals surface area contributed by atoms with Gasteiger partial charge < -0.3 is 9.64 Å². The highest BCUT2D eigenvalue weighted by molar-refractivity contribution is 6.31. The number of carbonyl (C=O) groups excluding carboxylic acids is 1. The molecule has 0 unspecified atom stereocenters. The molecule has 0 saturated heterocycles. The van der Waals surface area contributed by atoms with Crippen molar-refractivity contribution in [3.05, 3.63) is 92.5 Å². The largest absolute Gasteiger partial charge is 0.485 e. The maximum atomic E-state index is 13.8. The highest BCUT2D eigenvalue weighted by Gasteiger charge is 2.18. The third-order valence-electron chi connectivity index (χ3n) is 4.64. The number of aromatic nitrogens is 3. The Bertz CT molecular complexity index is 1310. The van der Waals surface area contributed by atoms with Gasteiger partial charge in [0.25, 0.3) is 5.56 Å². The summed E-state index contributed by atoms with van der Waals surface area (Å²) in [5.41, 5.74) is 0.992. The van der Waals surface area contributed by atoms with Crippen LogP contribution in [-0.4, -0.2) is 39.3 Å². The van der Waals surface area contributed by atoms with Gasteiger partial charge in [0, 0.05) is 50.4 Å². The van der Waals surface area contributed by atoms with Crippen molar-refractivity contribution < 1.29 is 18.3 Å². The van der Waals surface area contributed by atoms with E-state index in [1.165, 1.54) is 29.0 Å². The van der Waals surface area contributed by atoms with Crippen LogP contribution in [0.15, 0.2) is 47.7 Å². The van der Waals surface area contributed by atoms with E-state index >= 15 is 0 Å². The van der Waals surface area contributed by atoms with Crippen LogP contribution in [0.25, 0.3) is 5.69 Å². The first-order valence-electron chi connectivity index (χ1n) is 9.79. The molecular weight excluding hydrogens is 454 g/mol. The third kappa shape index (κ3) is 5.43. The number of carbonyl (C=O) groups is 1. The summed E-state index contributed by atoms with van der Waals surface area (Å²) in [7, 11) is 3.57. The molecule has 3 aromatic heterocycles. The van der Waals surface area contributed by atoms with Crippen LogP contribution in [0, 0.1) is 25.5 Å². The lowest BCUT2D eigenvalue weighted by Crippen LogP contribution is -2.23. The molecule has 0 amide bonds. The van der Waals surface area contributed by atoms with Gasteiger partial charge in [-0.15, -0.1) is 0 Å². The highest BCUT2D eigenvalue weighted by atomic mass is 35.5. The number of ketones is 1. The van der Waals surface area contributed by atoms with Crippen LogP contribution in [0.5, 0.6) is 5.75 Å². The summed E-state index contributed by atoms with van der Waals surface area (Å²) < 4.78 is 33.7. The summed E-state index contributed by atoms with van der Waals surface area (Å²) in [6.45, 7) is 3.06. The number of halogens is 3. The van der Waals surface area contributed by atoms with Gasteiger partial charge in [0.05, 0.1) is 11.9 Å². The van der Waals surface area contributed by atoms with Crippen LogP contribution >= 0.6 is 11.6 Å². The van der Waals surface area contributed by atoms with Crippen molar-refractivity contribution in [2.75, 3.05) is 14.1 Å². The van der Waals surface area contributed by atoms with Crippen molar-refractivity contribution in [2.45, 2.75) is 20.5 Å². The Morgan fingerprint density at radius 2 is 1.91 bits per heavy atom. The average molecular weight is 475 g/mol. The van der Waals surface area contributed by atoms with Crippen LogP contribution in [0.4, 0.5) is 8.78 Å². The zero-order valence-electron chi connectivity index (χ0n) is 18.4. The predicted molar refractivity (Wildman–Crippen MR) is 120 cm³/mol. The second-order valence-electron chi connectivity index (χ2n) is 7.47. The molecule has 0 saturated carbocycles. The van der Waals surface area contributed by atoms with Gasteiger partial charge in [-0.3, -0.25) is 24.1 Å². The lowest BCUT2D eigenvalue weighted by molar-refractivity contribution is 0.104. The standard InChI is InChI=1S/C23H21ClF2N4O3/c1-13-10-27-17(20(31)5-6-29(3)4)9-19(13)30-14(2)7-21(22(24)23(30)32)33-12-18-16(26)8-15(25)11-28-18/h5-11H,12H2,1-4H3/b6-5+. The van der Waals surface area contributed by atoms with Crippen LogP contribution in [0.3, 0.4) is 0 Å². The molecule has 0 atom stereocenters. The zero-order valence-corrected chi connectivity index (χ0v) is 19.2. The van der Waals surface area contributed by atoms with E-state index in [2.05, 4.69) is 9.97 Å². The third-order valence-corrected chi connectivity index (χ3v) is 4.99. The smallest absolute Gasteiger partial charge is 0.277 e. The molecule has 3 heterocycles. The van der Waals surface area contributed by atoms with E-state index in [0.29, 0.717) is 23.0 Å². The molecule has 7 nitrogen and oxygen atoms in total. The Hall–Kier alpha value is -3.59. The minimum absolute atomic E-state index is 0.0258. The maximum Gasteiger partial charge on any atom is 0.277 e. The van der Waals surface area contributed by atoms with E-state index < -0.39 is 17.2 Å². The number of hydrogen-bond acceptors (Lipinski definition) is 6. The van der Waals surface area contributed by atoms with E-state index in [9.17, 15) is 18.4 Å². The van der Waals surface area contributed by atoms with E-state index in [1.54, 1.807) is 39.0 Å². The molecule has 0 aliphatic rings. The molecule has 0 aliphatic carbocycles. The zero-order chi connectivity index (χ0) is 24.3. The van der Waals surface area contributed by atoms with E-state index in [0.717, 1.165) is 6.20 Å². The Morgan fingerprint density at radius 3 is 2.58 bits per heavy atom. The van der Waals surface area contributed by atoms with Crippen molar-refractivity contribution in [2.24, 2.45) is 0 Å². The SMILES string of the molecule is Cc1cnc(C(=O)/C=C/N(C)C)cc1-n1c(C)cc(OCc2ncc(F)cc2F)c(Cl)c1=O. The maximum absolute atomic E-state index is 13.8. The van der Waals surface area contributed by atoms with Crippen molar-refractivity contribution in [3.63, 3.8) is 0 Å².